The Hall–Kier alpha value is -2.02. The number of nitrogens with one attached hydrogen (secondary N) is 2. The number of nitrogens with two attached hydrogens (primary N) is 1. The monoisotopic (exact) mass is 388 g/mol. The summed E-state index contributed by atoms with van der Waals surface area (Å²) in [6.45, 7) is 10.5. The first-order valence-corrected chi connectivity index (χ1v) is 10.2. The number of allylic oxidation sites excluding steroid dienone is 2. The van der Waals surface area contributed by atoms with Crippen LogP contribution in [0.5, 0.6) is 0 Å². The van der Waals surface area contributed by atoms with Gasteiger partial charge in [0.25, 0.3) is 0 Å². The molecule has 1 aromatic heterocycles. The Morgan fingerprint density at radius 1 is 1.39 bits per heavy atom. The molecular weight excluding hydrogens is 350 g/mol. The summed E-state index contributed by atoms with van der Waals surface area (Å²) >= 11 is 0. The Morgan fingerprint density at radius 3 is 2.50 bits per heavy atom. The van der Waals surface area contributed by atoms with Gasteiger partial charge in [0.05, 0.1) is 0 Å². The van der Waals surface area contributed by atoms with Crippen LogP contribution in [0, 0.1) is 5.92 Å². The molecule has 1 aliphatic rings. The molecule has 0 aliphatic heterocycles. The highest BCUT2D eigenvalue weighted by Crippen LogP contribution is 2.23. The van der Waals surface area contributed by atoms with Gasteiger partial charge in [0.15, 0.2) is 5.84 Å². The van der Waals surface area contributed by atoms with Gasteiger partial charge in [-0.05, 0) is 70.1 Å². The second-order valence-electron chi connectivity index (χ2n) is 7.34. The SMILES string of the molecule is C=C(C)NC(=NCC1CCC(N)CC1)/C(=C\C)[NH+](C)O.CCc1ccccn1. The van der Waals surface area contributed by atoms with Gasteiger partial charge >= 0.3 is 0 Å². The van der Waals surface area contributed by atoms with Gasteiger partial charge in [0.2, 0.25) is 5.70 Å². The Balaban J connectivity index is 0.000000406. The topological polar surface area (TPSA) is 88.0 Å². The lowest BCUT2D eigenvalue weighted by molar-refractivity contribution is -1.04. The van der Waals surface area contributed by atoms with E-state index in [1.807, 2.05) is 44.3 Å². The lowest BCUT2D eigenvalue weighted by Crippen LogP contribution is -3.05. The molecule has 0 saturated heterocycles. The summed E-state index contributed by atoms with van der Waals surface area (Å²) in [5.74, 6) is 1.30. The van der Waals surface area contributed by atoms with E-state index >= 15 is 0 Å². The molecule has 1 unspecified atom stereocenters. The average molecular weight is 389 g/mol. The van der Waals surface area contributed by atoms with Crippen LogP contribution in [-0.2, 0) is 6.42 Å². The number of aryl methyl sites for hydroxylation is 1. The van der Waals surface area contributed by atoms with Crippen molar-refractivity contribution < 1.29 is 10.3 Å². The van der Waals surface area contributed by atoms with Gasteiger partial charge in [-0.25, -0.2) is 5.21 Å². The highest BCUT2D eigenvalue weighted by atomic mass is 16.5. The Labute approximate surface area is 170 Å². The van der Waals surface area contributed by atoms with Gasteiger partial charge in [-0.3, -0.25) is 9.98 Å². The van der Waals surface area contributed by atoms with Gasteiger partial charge in [0.1, 0.15) is 7.05 Å². The molecule has 0 amide bonds. The Kier molecular flexibility index (Phi) is 11.3. The number of aliphatic imine (C=N–C) groups is 1. The van der Waals surface area contributed by atoms with E-state index in [4.69, 9.17) is 5.73 Å². The number of likely N-dealkylation sites (N-methyl/N-ethyl adjacent to an activating group) is 1. The first-order chi connectivity index (χ1) is 13.4. The van der Waals surface area contributed by atoms with Crippen molar-refractivity contribution in [2.45, 2.75) is 58.9 Å². The maximum absolute atomic E-state index is 9.75. The van der Waals surface area contributed by atoms with Crippen molar-refractivity contribution in [3.8, 4) is 0 Å². The van der Waals surface area contributed by atoms with Crippen LogP contribution in [0.2, 0.25) is 0 Å². The number of hydrogen-bond donors (Lipinski definition) is 4. The third kappa shape index (κ3) is 9.26. The number of hydrogen-bond acceptors (Lipinski definition) is 4. The molecule has 1 atom stereocenters. The minimum absolute atomic E-state index is 0.269. The largest absolute Gasteiger partial charge is 0.340 e. The molecule has 0 bridgehead atoms. The minimum Gasteiger partial charge on any atom is -0.340 e. The fraction of sp³-hybridized carbons (Fsp3) is 0.545. The molecule has 0 radical (unpaired) electrons. The molecule has 2 rings (SSSR count). The summed E-state index contributed by atoms with van der Waals surface area (Å²) in [5.41, 5.74) is 8.63. The molecule has 0 aromatic carbocycles. The number of aromatic nitrogens is 1. The van der Waals surface area contributed by atoms with E-state index in [9.17, 15) is 5.21 Å². The van der Waals surface area contributed by atoms with Crippen LogP contribution in [0.15, 0.2) is 53.4 Å². The van der Waals surface area contributed by atoms with E-state index in [2.05, 4.69) is 28.8 Å². The molecule has 1 aliphatic carbocycles. The molecule has 156 valence electrons. The Bertz CT molecular complexity index is 632. The highest BCUT2D eigenvalue weighted by molar-refractivity contribution is 5.96. The zero-order chi connectivity index (χ0) is 20.9. The molecule has 1 saturated carbocycles. The molecule has 28 heavy (non-hydrogen) atoms. The molecule has 1 aromatic rings. The predicted octanol–water partition coefficient (Wildman–Crippen LogP) is 2.48. The fourth-order valence-electron chi connectivity index (χ4n) is 3.11. The van der Waals surface area contributed by atoms with Gasteiger partial charge < -0.3 is 11.1 Å². The number of hydroxylamine groups is 2. The van der Waals surface area contributed by atoms with Crippen LogP contribution in [0.4, 0.5) is 0 Å². The van der Waals surface area contributed by atoms with Crippen LogP contribution in [0.25, 0.3) is 0 Å². The van der Waals surface area contributed by atoms with Gasteiger partial charge in [-0.2, -0.15) is 5.06 Å². The lowest BCUT2D eigenvalue weighted by Gasteiger charge is -2.25. The standard InChI is InChI=1S/C15H28N4O.C7H9N/c1-5-14(19(4)20)15(18-11(2)3)17-10-12-6-8-13(16)9-7-12;1-2-7-5-3-4-6-8-7/h5,12-13,20H,2,6-10,16H2,1,3-4H3,(H,17,18);3-6H,2H2,1H3/p+1/b14-5+;. The van der Waals surface area contributed by atoms with Crippen molar-refractivity contribution in [3.63, 3.8) is 0 Å². The molecule has 1 heterocycles. The van der Waals surface area contributed by atoms with Crippen molar-refractivity contribution in [2.75, 3.05) is 13.6 Å². The third-order valence-electron chi connectivity index (χ3n) is 4.75. The van der Waals surface area contributed by atoms with Crippen molar-refractivity contribution in [2.24, 2.45) is 16.6 Å². The summed E-state index contributed by atoms with van der Waals surface area (Å²) in [6.07, 6.45) is 9.16. The van der Waals surface area contributed by atoms with E-state index in [0.717, 1.165) is 55.7 Å². The van der Waals surface area contributed by atoms with E-state index in [1.54, 1.807) is 7.05 Å². The van der Waals surface area contributed by atoms with Crippen LogP contribution in [0.1, 0.15) is 52.1 Å². The Morgan fingerprint density at radius 2 is 2.07 bits per heavy atom. The fourth-order valence-corrected chi connectivity index (χ4v) is 3.11. The van der Waals surface area contributed by atoms with Crippen molar-refractivity contribution in [1.82, 2.24) is 10.3 Å². The minimum atomic E-state index is 0.269. The molecule has 5 N–H and O–H groups in total. The number of amidine groups is 1. The van der Waals surface area contributed by atoms with Crippen molar-refractivity contribution in [3.05, 3.63) is 54.1 Å². The van der Waals surface area contributed by atoms with Crippen LogP contribution in [0.3, 0.4) is 0 Å². The summed E-state index contributed by atoms with van der Waals surface area (Å²) in [7, 11) is 1.67. The molecular formula is C22H38N5O+. The van der Waals surface area contributed by atoms with Crippen LogP contribution in [-0.4, -0.2) is 35.7 Å². The van der Waals surface area contributed by atoms with E-state index < -0.39 is 0 Å². The quantitative estimate of drug-likeness (QED) is 0.342. The second-order valence-corrected chi connectivity index (χ2v) is 7.34. The number of rotatable bonds is 6. The summed E-state index contributed by atoms with van der Waals surface area (Å²) in [4.78, 5) is 8.76. The number of pyridine rings is 1. The van der Waals surface area contributed by atoms with E-state index in [0.29, 0.717) is 17.8 Å². The summed E-state index contributed by atoms with van der Waals surface area (Å²) < 4.78 is 0. The van der Waals surface area contributed by atoms with Gasteiger partial charge in [-0.1, -0.05) is 19.6 Å². The highest BCUT2D eigenvalue weighted by Gasteiger charge is 2.20. The first-order valence-electron chi connectivity index (χ1n) is 10.2. The van der Waals surface area contributed by atoms with Gasteiger partial charge in [-0.15, -0.1) is 0 Å². The second kappa shape index (κ2) is 13.2. The van der Waals surface area contributed by atoms with E-state index in [1.165, 1.54) is 0 Å². The number of quaternary nitrogens is 1. The zero-order valence-corrected chi connectivity index (χ0v) is 17.9. The van der Waals surface area contributed by atoms with Crippen LogP contribution < -0.4 is 16.1 Å². The molecule has 6 heteroatoms. The molecule has 6 nitrogen and oxygen atoms in total. The van der Waals surface area contributed by atoms with E-state index in [-0.39, 0.29) is 5.06 Å². The smallest absolute Gasteiger partial charge is 0.201 e. The normalized spacial score (nSPS) is 21.4. The maximum atomic E-state index is 9.75. The first kappa shape index (κ1) is 24.0. The zero-order valence-electron chi connectivity index (χ0n) is 17.9. The van der Waals surface area contributed by atoms with Crippen molar-refractivity contribution in [1.29, 1.82) is 0 Å². The lowest BCUT2D eigenvalue weighted by atomic mass is 9.86. The summed E-state index contributed by atoms with van der Waals surface area (Å²) in [5, 5.41) is 13.2. The van der Waals surface area contributed by atoms with Crippen molar-refractivity contribution >= 4 is 5.84 Å². The molecule has 1 fully saturated rings. The number of nitrogens with zero attached hydrogens (tertiary/aromatic N) is 2. The maximum Gasteiger partial charge on any atom is 0.201 e. The van der Waals surface area contributed by atoms with Crippen LogP contribution >= 0.6 is 0 Å². The average Bonchev–Trinajstić information content (AvgIpc) is 2.68. The predicted molar refractivity (Wildman–Crippen MR) is 116 cm³/mol. The third-order valence-corrected chi connectivity index (χ3v) is 4.75. The summed E-state index contributed by atoms with van der Waals surface area (Å²) in [6, 6.07) is 6.33. The van der Waals surface area contributed by atoms with Gasteiger partial charge in [0, 0.05) is 30.2 Å². The molecule has 0 spiro atoms.